The second-order valence-corrected chi connectivity index (χ2v) is 12.7. The average molecular weight is 628 g/mol. The molecule has 1 aromatic rings. The van der Waals surface area contributed by atoms with Crippen molar-refractivity contribution in [3.8, 4) is 0 Å². The van der Waals surface area contributed by atoms with Crippen LogP contribution in [0.3, 0.4) is 0 Å². The van der Waals surface area contributed by atoms with Gasteiger partial charge < -0.3 is 36.7 Å². The van der Waals surface area contributed by atoms with Gasteiger partial charge in [0.25, 0.3) is 0 Å². The first-order chi connectivity index (χ1) is 14.0. The van der Waals surface area contributed by atoms with Gasteiger partial charge in [0, 0.05) is 75.8 Å². The Morgan fingerprint density at radius 2 is 1.10 bits per heavy atom. The summed E-state index contributed by atoms with van der Waals surface area (Å²) >= 11 is 0. The normalized spacial score (nSPS) is 11.8. The Morgan fingerprint density at radius 3 is 1.40 bits per heavy atom. The molecule has 0 unspecified atom stereocenters. The molecule has 1 rings (SSSR count). The van der Waals surface area contributed by atoms with Crippen LogP contribution in [-0.4, -0.2) is 66.7 Å². The summed E-state index contributed by atoms with van der Waals surface area (Å²) < 4.78 is 32.9. The van der Waals surface area contributed by atoms with Crippen LogP contribution in [0.25, 0.3) is 0 Å². The van der Waals surface area contributed by atoms with Gasteiger partial charge in [0.15, 0.2) is 0 Å². The maximum absolute atomic E-state index is 10.8. The van der Waals surface area contributed by atoms with E-state index >= 15 is 0 Å². The maximum atomic E-state index is 10.8. The Morgan fingerprint density at radius 1 is 0.733 bits per heavy atom. The zero-order valence-electron chi connectivity index (χ0n) is 18.7. The number of amides is 1. The molecule has 0 spiro atoms. The van der Waals surface area contributed by atoms with Crippen LogP contribution in [0.4, 0.5) is 5.69 Å². The van der Waals surface area contributed by atoms with Gasteiger partial charge in [-0.05, 0) is 25.7 Å². The van der Waals surface area contributed by atoms with Crippen LogP contribution in [0.5, 0.6) is 0 Å². The summed E-state index contributed by atoms with van der Waals surface area (Å²) in [6.07, 6.45) is 5.08. The van der Waals surface area contributed by atoms with E-state index in [0.29, 0.717) is 12.1 Å². The molecule has 0 atom stereocenters. The zero-order chi connectivity index (χ0) is 21.8. The number of carbonyl (C=O) groups excluding carboxylic acids is 1. The number of hydrogen-bond acceptors (Lipinski definition) is 7. The monoisotopic (exact) mass is 628 g/mol. The summed E-state index contributed by atoms with van der Waals surface area (Å²) in [6, 6.07) is 7.51. The van der Waals surface area contributed by atoms with Gasteiger partial charge in [0.1, 0.15) is 0 Å². The molecule has 8 nitrogen and oxygen atoms in total. The van der Waals surface area contributed by atoms with E-state index in [4.69, 9.17) is 26.6 Å². The predicted octanol–water partition coefficient (Wildman–Crippen LogP) is 2.78. The number of aryl methyl sites for hydroxylation is 2. The van der Waals surface area contributed by atoms with Crippen molar-refractivity contribution in [3.05, 3.63) is 29.3 Å². The summed E-state index contributed by atoms with van der Waals surface area (Å²) in [5, 5.41) is 2.63. The Labute approximate surface area is 196 Å². The topological polar surface area (TPSA) is 84.5 Å². The molecule has 0 saturated heterocycles. The second kappa shape index (κ2) is 15.4. The number of benzene rings is 1. The van der Waals surface area contributed by atoms with Crippen molar-refractivity contribution in [2.24, 2.45) is 0 Å². The van der Waals surface area contributed by atoms with E-state index in [1.165, 1.54) is 0 Å². The molecular weight excluding hydrogens is 594 g/mol. The van der Waals surface area contributed by atoms with Gasteiger partial charge in [-0.25, -0.2) is 0 Å². The maximum Gasteiger partial charge on any atom is 0.500 e. The summed E-state index contributed by atoms with van der Waals surface area (Å²) in [6.45, 7) is 0. The van der Waals surface area contributed by atoms with Crippen molar-refractivity contribution in [1.82, 2.24) is 0 Å². The molecule has 0 aliphatic heterocycles. The van der Waals surface area contributed by atoms with E-state index in [9.17, 15) is 4.79 Å². The third-order valence-corrected chi connectivity index (χ3v) is 10.7. The fraction of sp³-hybridized carbons (Fsp3) is 0.632. The van der Waals surface area contributed by atoms with E-state index in [1.54, 1.807) is 49.1 Å². The summed E-state index contributed by atoms with van der Waals surface area (Å²) in [5.74, 6) is 0. The molecule has 0 bridgehead atoms. The van der Waals surface area contributed by atoms with Crippen molar-refractivity contribution in [2.45, 2.75) is 37.8 Å². The van der Waals surface area contributed by atoms with Gasteiger partial charge >= 0.3 is 17.6 Å². The van der Waals surface area contributed by atoms with Crippen LogP contribution in [0.1, 0.15) is 24.0 Å². The minimum absolute atomic E-state index is 0. The molecule has 0 aliphatic rings. The molecule has 0 heterocycles. The molecule has 11 heteroatoms. The molecule has 0 fully saturated rings. The van der Waals surface area contributed by atoms with E-state index in [1.807, 2.05) is 12.1 Å². The van der Waals surface area contributed by atoms with E-state index in [-0.39, 0.29) is 21.1 Å². The Kier molecular flexibility index (Phi) is 15.2. The average Bonchev–Trinajstić information content (AvgIpc) is 2.75. The second-order valence-electron chi connectivity index (χ2n) is 6.56. The molecule has 1 amide bonds. The predicted molar refractivity (Wildman–Crippen MR) is 116 cm³/mol. The molecule has 1 aromatic carbocycles. The Balaban J connectivity index is 0.00000841. The van der Waals surface area contributed by atoms with Crippen molar-refractivity contribution >= 4 is 29.7 Å². The molecule has 172 valence electrons. The summed E-state index contributed by atoms with van der Waals surface area (Å²) in [7, 11) is 4.53. The molecule has 0 aromatic heterocycles. The van der Waals surface area contributed by atoms with E-state index in [2.05, 4.69) is 11.4 Å². The van der Waals surface area contributed by atoms with Gasteiger partial charge in [-0.2, -0.15) is 0 Å². The molecule has 1 N–H and O–H groups in total. The standard InChI is InChI=1S/C19H34NO7Si2.W/c1-22-28(23-2,24-3)11-7-9-17-13-18(15-19(14-17)20-16-21)10-8-12-29(25-4,26-5)27-6;/h13-15H,7-12H2,1-6H3,(H,20,21);/q-1;. The number of rotatable bonds is 16. The van der Waals surface area contributed by atoms with Crippen molar-refractivity contribution in [2.75, 3.05) is 48.0 Å². The molecule has 0 radical (unpaired) electrons. The van der Waals surface area contributed by atoms with Gasteiger partial charge in [-0.3, -0.25) is 0 Å². The number of nitrogens with one attached hydrogen (secondary N) is 1. The number of hydrogen-bond donors (Lipinski definition) is 1. The number of anilines is 1. The minimum Gasteiger partial charge on any atom is -0.490 e. The summed E-state index contributed by atoms with van der Waals surface area (Å²) in [5.41, 5.74) is 2.98. The molecular formula is C19H34NO7Si2W-. The van der Waals surface area contributed by atoms with Crippen LogP contribution in [-0.2, 0) is 65.3 Å². The van der Waals surface area contributed by atoms with Crippen molar-refractivity contribution < 1.29 is 52.4 Å². The summed E-state index contributed by atoms with van der Waals surface area (Å²) in [4.78, 5) is 10.8. The van der Waals surface area contributed by atoms with Crippen LogP contribution in [0.2, 0.25) is 12.1 Å². The van der Waals surface area contributed by atoms with Crippen LogP contribution < -0.4 is 5.32 Å². The fourth-order valence-corrected chi connectivity index (χ4v) is 6.76. The van der Waals surface area contributed by atoms with Crippen molar-refractivity contribution in [1.29, 1.82) is 0 Å². The SMILES string of the molecule is CO[Si](CCCc1cc(CCC[Si](OC)(OC)OC)cc(N[C-]=O)c1)(OC)OC.[W]. The largest absolute Gasteiger partial charge is 0.500 e. The van der Waals surface area contributed by atoms with Crippen LogP contribution in [0.15, 0.2) is 18.2 Å². The molecule has 0 saturated carbocycles. The van der Waals surface area contributed by atoms with Crippen molar-refractivity contribution in [3.63, 3.8) is 0 Å². The minimum atomic E-state index is -2.58. The first kappa shape index (κ1) is 29.6. The van der Waals surface area contributed by atoms with Gasteiger partial charge in [0.05, 0.1) is 6.41 Å². The van der Waals surface area contributed by atoms with E-state index in [0.717, 1.165) is 42.5 Å². The molecule has 0 aliphatic carbocycles. The van der Waals surface area contributed by atoms with Crippen LogP contribution >= 0.6 is 0 Å². The first-order valence-corrected chi connectivity index (χ1v) is 13.4. The van der Waals surface area contributed by atoms with Gasteiger partial charge in [0.2, 0.25) is 0 Å². The van der Waals surface area contributed by atoms with Gasteiger partial charge in [-0.1, -0.05) is 17.2 Å². The smallest absolute Gasteiger partial charge is 0.490 e. The van der Waals surface area contributed by atoms with E-state index < -0.39 is 17.6 Å². The fourth-order valence-electron chi connectivity index (χ4n) is 3.31. The van der Waals surface area contributed by atoms with Crippen LogP contribution in [0, 0.1) is 0 Å². The first-order valence-electron chi connectivity index (χ1n) is 9.52. The third kappa shape index (κ3) is 8.98. The Hall–Kier alpha value is -0.428. The van der Waals surface area contributed by atoms with Gasteiger partial charge in [-0.15, -0.1) is 17.8 Å². The molecule has 30 heavy (non-hydrogen) atoms. The third-order valence-electron chi connectivity index (χ3n) is 5.01. The zero-order valence-corrected chi connectivity index (χ0v) is 23.7. The quantitative estimate of drug-likeness (QED) is 0.171. The Bertz CT molecular complexity index is 556.